The number of aryl methyl sites for hydroxylation is 1. The summed E-state index contributed by atoms with van der Waals surface area (Å²) in [5.74, 6) is 1.06. The van der Waals surface area contributed by atoms with Gasteiger partial charge in [-0.25, -0.2) is 0 Å². The molecule has 3 rings (SSSR count). The summed E-state index contributed by atoms with van der Waals surface area (Å²) in [6.07, 6.45) is 0. The second kappa shape index (κ2) is 8.72. The van der Waals surface area contributed by atoms with E-state index in [1.54, 1.807) is 0 Å². The minimum absolute atomic E-state index is 0.0594. The van der Waals surface area contributed by atoms with Gasteiger partial charge < -0.3 is 14.8 Å². The van der Waals surface area contributed by atoms with Crippen molar-refractivity contribution < 1.29 is 14.3 Å². The molecule has 0 unspecified atom stereocenters. The topological polar surface area (TPSA) is 47.6 Å². The molecule has 0 bridgehead atoms. The van der Waals surface area contributed by atoms with Crippen molar-refractivity contribution in [3.05, 3.63) is 90.0 Å². The van der Waals surface area contributed by atoms with Gasteiger partial charge in [0.25, 0.3) is 5.91 Å². The van der Waals surface area contributed by atoms with E-state index in [0.717, 1.165) is 11.1 Å². The van der Waals surface area contributed by atoms with Crippen LogP contribution in [0.5, 0.6) is 11.5 Å². The highest BCUT2D eigenvalue weighted by Crippen LogP contribution is 2.24. The Kier molecular flexibility index (Phi) is 5.88. The summed E-state index contributed by atoms with van der Waals surface area (Å²) in [6, 6.07) is 24.8. The van der Waals surface area contributed by atoms with Gasteiger partial charge in [0, 0.05) is 0 Å². The smallest absolute Gasteiger partial charge is 0.262 e. The van der Waals surface area contributed by atoms with Crippen LogP contribution >= 0.6 is 0 Å². The molecule has 0 radical (unpaired) electrons. The molecular weight excluding hydrogens is 326 g/mol. The van der Waals surface area contributed by atoms with Crippen LogP contribution in [0.2, 0.25) is 0 Å². The molecule has 1 N–H and O–H groups in total. The first-order valence-electron chi connectivity index (χ1n) is 8.46. The normalized spacial score (nSPS) is 10.2. The van der Waals surface area contributed by atoms with E-state index < -0.39 is 0 Å². The average Bonchev–Trinajstić information content (AvgIpc) is 2.68. The number of hydrogen-bond donors (Lipinski definition) is 1. The highest BCUT2D eigenvalue weighted by atomic mass is 16.5. The third-order valence-electron chi connectivity index (χ3n) is 3.79. The van der Waals surface area contributed by atoms with Crippen LogP contribution in [0.25, 0.3) is 0 Å². The maximum atomic E-state index is 12.2. The number of benzene rings is 3. The van der Waals surface area contributed by atoms with Gasteiger partial charge in [0.15, 0.2) is 6.61 Å². The van der Waals surface area contributed by atoms with Crippen molar-refractivity contribution in [1.82, 2.24) is 0 Å². The van der Waals surface area contributed by atoms with Crippen LogP contribution in [0, 0.1) is 6.92 Å². The van der Waals surface area contributed by atoms with E-state index in [1.807, 2.05) is 85.8 Å². The number of carbonyl (C=O) groups excluding carboxylic acids is 1. The van der Waals surface area contributed by atoms with Crippen molar-refractivity contribution in [2.24, 2.45) is 0 Å². The lowest BCUT2D eigenvalue weighted by atomic mass is 10.2. The molecule has 0 fully saturated rings. The third-order valence-corrected chi connectivity index (χ3v) is 3.79. The summed E-state index contributed by atoms with van der Waals surface area (Å²) in [5.41, 5.74) is 2.84. The summed E-state index contributed by atoms with van der Waals surface area (Å²) in [7, 11) is 0. The molecule has 4 heteroatoms. The number of hydrogen-bond acceptors (Lipinski definition) is 3. The molecule has 0 spiro atoms. The molecule has 132 valence electrons. The molecule has 0 saturated carbocycles. The van der Waals surface area contributed by atoms with Crippen molar-refractivity contribution in [2.75, 3.05) is 11.9 Å². The Balaban J connectivity index is 1.56. The molecule has 0 heterocycles. The zero-order valence-electron chi connectivity index (χ0n) is 14.6. The number of ether oxygens (including phenoxy) is 2. The quantitative estimate of drug-likeness (QED) is 0.680. The first kappa shape index (κ1) is 17.5. The van der Waals surface area contributed by atoms with Crippen LogP contribution in [0.1, 0.15) is 11.1 Å². The monoisotopic (exact) mass is 347 g/mol. The molecule has 26 heavy (non-hydrogen) atoms. The van der Waals surface area contributed by atoms with E-state index in [9.17, 15) is 4.79 Å². The first-order valence-corrected chi connectivity index (χ1v) is 8.46. The lowest BCUT2D eigenvalue weighted by molar-refractivity contribution is -0.118. The van der Waals surface area contributed by atoms with E-state index in [1.165, 1.54) is 0 Å². The van der Waals surface area contributed by atoms with Crippen molar-refractivity contribution in [3.63, 3.8) is 0 Å². The lowest BCUT2D eigenvalue weighted by Crippen LogP contribution is -2.20. The van der Waals surface area contributed by atoms with Gasteiger partial charge in [-0.15, -0.1) is 0 Å². The van der Waals surface area contributed by atoms with Crippen LogP contribution in [0.15, 0.2) is 78.9 Å². The van der Waals surface area contributed by atoms with Gasteiger partial charge in [-0.2, -0.15) is 0 Å². The Morgan fingerprint density at radius 2 is 1.54 bits per heavy atom. The molecular formula is C22H21NO3. The number of carbonyl (C=O) groups is 1. The Morgan fingerprint density at radius 1 is 0.846 bits per heavy atom. The van der Waals surface area contributed by atoms with Gasteiger partial charge in [0.1, 0.15) is 18.1 Å². The zero-order chi connectivity index (χ0) is 18.2. The zero-order valence-corrected chi connectivity index (χ0v) is 14.6. The maximum Gasteiger partial charge on any atom is 0.262 e. The van der Waals surface area contributed by atoms with Crippen molar-refractivity contribution in [3.8, 4) is 11.5 Å². The molecule has 0 atom stereocenters. The van der Waals surface area contributed by atoms with Gasteiger partial charge in [-0.1, -0.05) is 60.2 Å². The van der Waals surface area contributed by atoms with Crippen LogP contribution < -0.4 is 14.8 Å². The predicted molar refractivity (Wildman–Crippen MR) is 103 cm³/mol. The van der Waals surface area contributed by atoms with Gasteiger partial charge in [-0.3, -0.25) is 4.79 Å². The average molecular weight is 347 g/mol. The number of anilines is 1. The van der Waals surface area contributed by atoms with E-state index in [0.29, 0.717) is 23.8 Å². The van der Waals surface area contributed by atoms with Gasteiger partial charge >= 0.3 is 0 Å². The second-order valence-electron chi connectivity index (χ2n) is 5.92. The van der Waals surface area contributed by atoms with Gasteiger partial charge in [-0.05, 0) is 36.8 Å². The highest BCUT2D eigenvalue weighted by molar-refractivity contribution is 5.93. The fourth-order valence-electron chi connectivity index (χ4n) is 2.40. The van der Waals surface area contributed by atoms with E-state index in [2.05, 4.69) is 5.32 Å². The summed E-state index contributed by atoms with van der Waals surface area (Å²) in [5, 5.41) is 2.84. The second-order valence-corrected chi connectivity index (χ2v) is 5.92. The van der Waals surface area contributed by atoms with Gasteiger partial charge in [0.2, 0.25) is 0 Å². The van der Waals surface area contributed by atoms with Crippen LogP contribution in [-0.2, 0) is 11.4 Å². The van der Waals surface area contributed by atoms with E-state index in [4.69, 9.17) is 9.47 Å². The van der Waals surface area contributed by atoms with Crippen molar-refractivity contribution in [2.45, 2.75) is 13.5 Å². The lowest BCUT2D eigenvalue weighted by Gasteiger charge is -2.13. The Hall–Kier alpha value is -3.27. The molecule has 4 nitrogen and oxygen atoms in total. The number of nitrogens with one attached hydrogen (secondary N) is 1. The Labute approximate surface area is 153 Å². The summed E-state index contributed by atoms with van der Waals surface area (Å²) in [4.78, 5) is 12.2. The van der Waals surface area contributed by atoms with Crippen LogP contribution in [0.3, 0.4) is 0 Å². The maximum absolute atomic E-state index is 12.2. The summed E-state index contributed by atoms with van der Waals surface area (Å²) in [6.45, 7) is 2.38. The molecule has 0 saturated heterocycles. The fraction of sp³-hybridized carbons (Fsp3) is 0.136. The number of rotatable bonds is 7. The molecule has 0 aliphatic carbocycles. The molecule has 1 amide bonds. The largest absolute Gasteiger partial charge is 0.487 e. The van der Waals surface area contributed by atoms with E-state index >= 15 is 0 Å². The first-order chi connectivity index (χ1) is 12.7. The number of amides is 1. The minimum Gasteiger partial charge on any atom is -0.487 e. The Bertz CT molecular complexity index is 845. The van der Waals surface area contributed by atoms with Crippen LogP contribution in [0.4, 0.5) is 5.69 Å². The fourth-order valence-corrected chi connectivity index (χ4v) is 2.40. The highest BCUT2D eigenvalue weighted by Gasteiger charge is 2.08. The van der Waals surface area contributed by atoms with Crippen molar-refractivity contribution >= 4 is 11.6 Å². The molecule has 0 aromatic heterocycles. The number of para-hydroxylation sites is 2. The summed E-state index contributed by atoms with van der Waals surface area (Å²) < 4.78 is 11.4. The summed E-state index contributed by atoms with van der Waals surface area (Å²) >= 11 is 0. The predicted octanol–water partition coefficient (Wildman–Crippen LogP) is 4.59. The molecule has 3 aromatic rings. The standard InChI is InChI=1S/C22H21NO3/c1-17-11-13-19(14-12-17)25-16-22(24)23-20-9-5-6-10-21(20)26-15-18-7-3-2-4-8-18/h2-14H,15-16H2,1H3,(H,23,24). The van der Waals surface area contributed by atoms with E-state index in [-0.39, 0.29) is 12.5 Å². The van der Waals surface area contributed by atoms with Crippen LogP contribution in [-0.4, -0.2) is 12.5 Å². The van der Waals surface area contributed by atoms with Crippen molar-refractivity contribution in [1.29, 1.82) is 0 Å². The molecule has 0 aliphatic rings. The molecule has 0 aliphatic heterocycles. The minimum atomic E-state index is -0.235. The third kappa shape index (κ3) is 5.11. The van der Waals surface area contributed by atoms with Gasteiger partial charge in [0.05, 0.1) is 5.69 Å². The molecule has 3 aromatic carbocycles. The Morgan fingerprint density at radius 3 is 2.31 bits per heavy atom. The SMILES string of the molecule is Cc1ccc(OCC(=O)Nc2ccccc2OCc2ccccc2)cc1.